The summed E-state index contributed by atoms with van der Waals surface area (Å²) in [7, 11) is 0. The van der Waals surface area contributed by atoms with Crippen LogP contribution in [-0.2, 0) is 4.79 Å². The monoisotopic (exact) mass is 386 g/mol. The third kappa shape index (κ3) is 6.03. The minimum absolute atomic E-state index is 0.0776. The van der Waals surface area contributed by atoms with Crippen molar-refractivity contribution in [3.05, 3.63) is 42.1 Å². The average molecular weight is 386 g/mol. The number of hydrogen-bond donors (Lipinski definition) is 2. The van der Waals surface area contributed by atoms with E-state index in [0.29, 0.717) is 35.3 Å². The Bertz CT molecular complexity index is 899. The van der Waals surface area contributed by atoms with Gasteiger partial charge in [0.05, 0.1) is 22.7 Å². The van der Waals surface area contributed by atoms with Crippen LogP contribution < -0.4 is 10.2 Å². The molecule has 0 aliphatic carbocycles. The number of nitrogens with one attached hydrogen (secondary N) is 1. The molecule has 0 spiro atoms. The molecule has 0 unspecified atom stereocenters. The number of carboxylic acid groups (broad SMARTS) is 1. The highest BCUT2D eigenvalue weighted by Gasteiger charge is 2.09. The lowest BCUT2D eigenvalue weighted by atomic mass is 10.3. The number of allylic oxidation sites excluding steroid dienone is 4. The molecule has 0 saturated carbocycles. The third-order valence-corrected chi connectivity index (χ3v) is 4.41. The van der Waals surface area contributed by atoms with Crippen molar-refractivity contribution in [1.82, 2.24) is 4.98 Å². The van der Waals surface area contributed by atoms with Gasteiger partial charge in [0.25, 0.3) is 0 Å². The fraction of sp³-hybridized carbons (Fsp3) is 0.263. The summed E-state index contributed by atoms with van der Waals surface area (Å²) in [5.74, 6) is -0.202. The van der Waals surface area contributed by atoms with Gasteiger partial charge in [-0.2, -0.15) is 5.10 Å². The van der Waals surface area contributed by atoms with E-state index in [4.69, 9.17) is 9.84 Å². The molecule has 0 aliphatic rings. The number of para-hydroxylation sites is 1. The van der Waals surface area contributed by atoms with Gasteiger partial charge in [-0.3, -0.25) is 15.2 Å². The van der Waals surface area contributed by atoms with Crippen LogP contribution in [0.15, 0.2) is 52.2 Å². The number of thiazole rings is 1. The number of anilines is 1. The van der Waals surface area contributed by atoms with E-state index in [1.165, 1.54) is 11.3 Å². The van der Waals surface area contributed by atoms with Crippen molar-refractivity contribution in [1.29, 1.82) is 0 Å². The Morgan fingerprint density at radius 3 is 3.00 bits per heavy atom. The molecule has 0 saturated heterocycles. The molecule has 2 rings (SSSR count). The molecule has 0 amide bonds. The van der Waals surface area contributed by atoms with Crippen LogP contribution in [0.4, 0.5) is 5.13 Å². The predicted molar refractivity (Wildman–Crippen MR) is 111 cm³/mol. The van der Waals surface area contributed by atoms with E-state index in [1.54, 1.807) is 0 Å². The Morgan fingerprint density at radius 2 is 2.30 bits per heavy atom. The average Bonchev–Trinajstić information content (AvgIpc) is 3.07. The molecule has 0 atom stereocenters. The summed E-state index contributed by atoms with van der Waals surface area (Å²) < 4.78 is 6.64. The molecular formula is C19H22N4O3S. The molecule has 2 N–H and O–H groups in total. The summed E-state index contributed by atoms with van der Waals surface area (Å²) in [5, 5.41) is 13.6. The number of carboxylic acids is 1. The van der Waals surface area contributed by atoms with Crippen molar-refractivity contribution in [2.45, 2.75) is 26.7 Å². The van der Waals surface area contributed by atoms with Gasteiger partial charge in [0.2, 0.25) is 5.13 Å². The molecule has 0 aliphatic heterocycles. The van der Waals surface area contributed by atoms with Gasteiger partial charge in [0, 0.05) is 6.42 Å². The van der Waals surface area contributed by atoms with Crippen LogP contribution in [0.3, 0.4) is 0 Å². The van der Waals surface area contributed by atoms with Gasteiger partial charge >= 0.3 is 5.97 Å². The van der Waals surface area contributed by atoms with Gasteiger partial charge in [-0.25, -0.2) is 4.98 Å². The standard InChI is InChI=1S/C19H22N4O3S/c1-4-5-8-14(20-3)13(2)22-23-19-21-18-15(9-6-10-16(18)27-19)26-12-7-11-17(24)25/h4-6,8-10H,3,7,11-12H2,1-2H3,(H,21,23)(H,24,25)/b5-4-,14-8-,22-13+. The quantitative estimate of drug-likeness (QED) is 0.271. The van der Waals surface area contributed by atoms with E-state index in [0.717, 1.165) is 10.2 Å². The zero-order valence-electron chi connectivity index (χ0n) is 15.3. The minimum atomic E-state index is -0.831. The van der Waals surface area contributed by atoms with Crippen LogP contribution in [0.1, 0.15) is 26.7 Å². The molecule has 0 fully saturated rings. The van der Waals surface area contributed by atoms with Crippen molar-refractivity contribution < 1.29 is 14.6 Å². The number of nitrogens with zero attached hydrogens (tertiary/aromatic N) is 3. The topological polar surface area (TPSA) is 96.2 Å². The summed E-state index contributed by atoms with van der Waals surface area (Å²) in [6.45, 7) is 7.64. The van der Waals surface area contributed by atoms with Gasteiger partial charge in [0.15, 0.2) is 0 Å². The number of benzene rings is 1. The maximum atomic E-state index is 10.6. The molecule has 7 nitrogen and oxygen atoms in total. The lowest BCUT2D eigenvalue weighted by molar-refractivity contribution is -0.137. The van der Waals surface area contributed by atoms with Crippen LogP contribution in [0.5, 0.6) is 5.75 Å². The molecule has 1 aromatic carbocycles. The third-order valence-electron chi connectivity index (χ3n) is 3.48. The summed E-state index contributed by atoms with van der Waals surface area (Å²) in [5.41, 5.74) is 5.02. The SMILES string of the molecule is C=NC(=C\C=C/C)/C(C)=N/Nc1nc2c(OCCCC(=O)O)cccc2s1. The van der Waals surface area contributed by atoms with Gasteiger partial charge < -0.3 is 9.84 Å². The van der Waals surface area contributed by atoms with Crippen LogP contribution >= 0.6 is 11.3 Å². The number of hydrogen-bond acceptors (Lipinski definition) is 7. The lowest BCUT2D eigenvalue weighted by Gasteiger charge is -2.05. The van der Waals surface area contributed by atoms with Crippen molar-refractivity contribution in [2.75, 3.05) is 12.0 Å². The largest absolute Gasteiger partial charge is 0.491 e. The van der Waals surface area contributed by atoms with Crippen LogP contribution in [-0.4, -0.2) is 35.1 Å². The minimum Gasteiger partial charge on any atom is -0.491 e. The van der Waals surface area contributed by atoms with Gasteiger partial charge in [-0.1, -0.05) is 29.6 Å². The highest BCUT2D eigenvalue weighted by atomic mass is 32.1. The molecule has 142 valence electrons. The molecule has 27 heavy (non-hydrogen) atoms. The summed E-state index contributed by atoms with van der Waals surface area (Å²) in [6, 6.07) is 5.65. The second-order valence-corrected chi connectivity index (χ2v) is 6.54. The number of rotatable bonds is 10. The fourth-order valence-corrected chi connectivity index (χ4v) is 2.98. The van der Waals surface area contributed by atoms with E-state index < -0.39 is 5.97 Å². The maximum Gasteiger partial charge on any atom is 0.303 e. The zero-order valence-corrected chi connectivity index (χ0v) is 16.1. The Kier molecular flexibility index (Phi) is 7.69. The summed E-state index contributed by atoms with van der Waals surface area (Å²) in [6.07, 6.45) is 6.12. The number of carbonyl (C=O) groups is 1. The Labute approximate surface area is 161 Å². The Balaban J connectivity index is 2.11. The van der Waals surface area contributed by atoms with Crippen molar-refractivity contribution >= 4 is 45.1 Å². The molecular weight excluding hydrogens is 364 g/mol. The van der Waals surface area contributed by atoms with Crippen LogP contribution in [0.25, 0.3) is 10.2 Å². The van der Waals surface area contributed by atoms with Gasteiger partial charge in [-0.05, 0) is 45.2 Å². The van der Waals surface area contributed by atoms with Crippen molar-refractivity contribution in [3.8, 4) is 5.75 Å². The molecule has 1 heterocycles. The van der Waals surface area contributed by atoms with Gasteiger partial charge in [0.1, 0.15) is 11.3 Å². The number of ether oxygens (including phenoxy) is 1. The molecule has 8 heteroatoms. The van der Waals surface area contributed by atoms with Crippen molar-refractivity contribution in [2.24, 2.45) is 10.1 Å². The van der Waals surface area contributed by atoms with Gasteiger partial charge in [-0.15, -0.1) is 0 Å². The Morgan fingerprint density at radius 1 is 1.48 bits per heavy atom. The van der Waals surface area contributed by atoms with E-state index in [-0.39, 0.29) is 6.42 Å². The number of fused-ring (bicyclic) bond motifs is 1. The maximum absolute atomic E-state index is 10.6. The normalized spacial score (nSPS) is 12.5. The van der Waals surface area contributed by atoms with Crippen LogP contribution in [0.2, 0.25) is 0 Å². The van der Waals surface area contributed by atoms with E-state index in [9.17, 15) is 4.79 Å². The summed E-state index contributed by atoms with van der Waals surface area (Å²) in [4.78, 5) is 19.1. The molecule has 0 radical (unpaired) electrons. The number of aromatic nitrogens is 1. The predicted octanol–water partition coefficient (Wildman–Crippen LogP) is 4.49. The molecule has 2 aromatic rings. The first-order valence-corrected chi connectivity index (χ1v) is 9.21. The molecule has 1 aromatic heterocycles. The lowest BCUT2D eigenvalue weighted by Crippen LogP contribution is -2.02. The first-order chi connectivity index (χ1) is 13.0. The zero-order chi connectivity index (χ0) is 19.6. The fourth-order valence-electron chi connectivity index (χ4n) is 2.16. The number of aliphatic imine (C=N–C) groups is 1. The summed E-state index contributed by atoms with van der Waals surface area (Å²) >= 11 is 1.45. The second kappa shape index (κ2) is 10.2. The van der Waals surface area contributed by atoms with E-state index in [2.05, 4.69) is 27.2 Å². The number of aliphatic carboxylic acids is 1. The molecule has 0 bridgehead atoms. The highest BCUT2D eigenvalue weighted by molar-refractivity contribution is 7.22. The highest BCUT2D eigenvalue weighted by Crippen LogP contribution is 2.32. The smallest absolute Gasteiger partial charge is 0.303 e. The van der Waals surface area contributed by atoms with E-state index >= 15 is 0 Å². The Hall–Kier alpha value is -3.00. The number of hydrazone groups is 1. The van der Waals surface area contributed by atoms with Crippen molar-refractivity contribution in [3.63, 3.8) is 0 Å². The first kappa shape index (κ1) is 20.3. The van der Waals surface area contributed by atoms with E-state index in [1.807, 2.05) is 50.3 Å². The first-order valence-electron chi connectivity index (χ1n) is 8.39. The second-order valence-electron chi connectivity index (χ2n) is 5.51. The van der Waals surface area contributed by atoms with Crippen LogP contribution in [0, 0.1) is 0 Å².